The van der Waals surface area contributed by atoms with Gasteiger partial charge in [0.25, 0.3) is 0 Å². The van der Waals surface area contributed by atoms with Crippen LogP contribution in [0.3, 0.4) is 0 Å². The van der Waals surface area contributed by atoms with Gasteiger partial charge in [-0.05, 0) is 24.6 Å². The number of aryl methyl sites for hydroxylation is 1. The molecule has 1 N–H and O–H groups in total. The van der Waals surface area contributed by atoms with Crippen LogP contribution in [0.2, 0.25) is 0 Å². The summed E-state index contributed by atoms with van der Waals surface area (Å²) >= 11 is 0. The summed E-state index contributed by atoms with van der Waals surface area (Å²) in [5.41, 5.74) is 2.12. The predicted molar refractivity (Wildman–Crippen MR) is 83.1 cm³/mol. The molecule has 0 atom stereocenters. The summed E-state index contributed by atoms with van der Waals surface area (Å²) in [6, 6.07) is 8.09. The van der Waals surface area contributed by atoms with Crippen LogP contribution in [0.15, 0.2) is 36.9 Å². The summed E-state index contributed by atoms with van der Waals surface area (Å²) in [5, 5.41) is 2.78. The Kier molecular flexibility index (Phi) is 5.51. The van der Waals surface area contributed by atoms with Gasteiger partial charge < -0.3 is 14.6 Å². The van der Waals surface area contributed by atoms with E-state index in [2.05, 4.69) is 27.5 Å². The Bertz CT molecular complexity index is 619. The molecule has 5 nitrogen and oxygen atoms in total. The first kappa shape index (κ1) is 15.3. The second-order valence-corrected chi connectivity index (χ2v) is 4.76. The highest BCUT2D eigenvalue weighted by Gasteiger charge is 2.09. The minimum atomic E-state index is -0.136. The number of carbonyl (C=O) groups is 1. The molecule has 1 aromatic heterocycles. The third-order valence-electron chi connectivity index (χ3n) is 3.31. The van der Waals surface area contributed by atoms with Crippen molar-refractivity contribution in [3.8, 4) is 0 Å². The molecule has 0 bridgehead atoms. The van der Waals surface area contributed by atoms with Crippen molar-refractivity contribution in [2.75, 3.05) is 20.3 Å². The van der Waals surface area contributed by atoms with E-state index in [-0.39, 0.29) is 5.91 Å². The molecular weight excluding hydrogens is 266 g/mol. The topological polar surface area (TPSA) is 56.2 Å². The van der Waals surface area contributed by atoms with E-state index in [0.717, 1.165) is 36.2 Å². The number of imidazole rings is 1. The highest BCUT2D eigenvalue weighted by Crippen LogP contribution is 2.17. The lowest BCUT2D eigenvalue weighted by molar-refractivity contribution is -0.116. The summed E-state index contributed by atoms with van der Waals surface area (Å²) < 4.78 is 7.36. The monoisotopic (exact) mass is 287 g/mol. The summed E-state index contributed by atoms with van der Waals surface area (Å²) in [7, 11) is 1.70. The van der Waals surface area contributed by atoms with Crippen LogP contribution in [0.25, 0.3) is 11.0 Å². The van der Waals surface area contributed by atoms with Gasteiger partial charge in [-0.1, -0.05) is 18.7 Å². The van der Waals surface area contributed by atoms with Gasteiger partial charge in [0.15, 0.2) is 0 Å². The molecule has 0 aliphatic heterocycles. The minimum absolute atomic E-state index is 0.136. The normalized spacial score (nSPS) is 10.7. The van der Waals surface area contributed by atoms with Crippen molar-refractivity contribution < 1.29 is 9.53 Å². The van der Waals surface area contributed by atoms with Crippen molar-refractivity contribution >= 4 is 16.9 Å². The van der Waals surface area contributed by atoms with Gasteiger partial charge in [0.1, 0.15) is 5.82 Å². The molecule has 0 radical (unpaired) electrons. The maximum atomic E-state index is 11.1. The van der Waals surface area contributed by atoms with E-state index in [4.69, 9.17) is 4.74 Å². The van der Waals surface area contributed by atoms with Crippen molar-refractivity contribution in [3.05, 3.63) is 42.7 Å². The summed E-state index contributed by atoms with van der Waals surface area (Å²) in [5.74, 6) is 0.893. The number of aromatic nitrogens is 2. The zero-order valence-corrected chi connectivity index (χ0v) is 12.3. The maximum Gasteiger partial charge on any atom is 0.243 e. The van der Waals surface area contributed by atoms with Gasteiger partial charge in [0.05, 0.1) is 17.6 Å². The largest absolute Gasteiger partial charge is 0.383 e. The van der Waals surface area contributed by atoms with Gasteiger partial charge in [-0.3, -0.25) is 4.79 Å². The first-order valence-electron chi connectivity index (χ1n) is 7.09. The maximum absolute atomic E-state index is 11.1. The van der Waals surface area contributed by atoms with Crippen LogP contribution < -0.4 is 5.32 Å². The van der Waals surface area contributed by atoms with Crippen LogP contribution in [0.1, 0.15) is 12.2 Å². The van der Waals surface area contributed by atoms with Crippen LogP contribution in [-0.2, 0) is 22.5 Å². The average Bonchev–Trinajstić information content (AvgIpc) is 2.86. The molecule has 0 unspecified atom stereocenters. The van der Waals surface area contributed by atoms with Crippen LogP contribution in [-0.4, -0.2) is 35.7 Å². The number of amides is 1. The molecule has 0 aliphatic rings. The zero-order chi connectivity index (χ0) is 15.1. The number of hydrogen-bond donors (Lipinski definition) is 1. The van der Waals surface area contributed by atoms with Crippen molar-refractivity contribution in [1.82, 2.24) is 14.9 Å². The van der Waals surface area contributed by atoms with E-state index in [1.165, 1.54) is 6.08 Å². The summed E-state index contributed by atoms with van der Waals surface area (Å²) in [6.45, 7) is 5.49. The fourth-order valence-corrected chi connectivity index (χ4v) is 2.28. The molecule has 21 heavy (non-hydrogen) atoms. The molecule has 2 rings (SSSR count). The van der Waals surface area contributed by atoms with Crippen LogP contribution >= 0.6 is 0 Å². The molecule has 0 saturated carbocycles. The number of benzene rings is 1. The number of nitrogens with one attached hydrogen (secondary N) is 1. The Morgan fingerprint density at radius 1 is 1.48 bits per heavy atom. The standard InChI is InChI=1S/C16H21N3O2/c1-3-16(20)17-10-6-9-15-18-13-7-4-5-8-14(13)19(15)11-12-21-2/h3-5,7-8H,1,6,9-12H2,2H3,(H,17,20). The van der Waals surface area contributed by atoms with Gasteiger partial charge >= 0.3 is 0 Å². The minimum Gasteiger partial charge on any atom is -0.383 e. The zero-order valence-electron chi connectivity index (χ0n) is 12.3. The lowest BCUT2D eigenvalue weighted by atomic mass is 10.3. The van der Waals surface area contributed by atoms with Crippen molar-refractivity contribution in [3.63, 3.8) is 0 Å². The fraction of sp³-hybridized carbons (Fsp3) is 0.375. The number of rotatable bonds is 8. The average molecular weight is 287 g/mol. The van der Waals surface area contributed by atoms with Crippen molar-refractivity contribution in [2.45, 2.75) is 19.4 Å². The number of para-hydroxylation sites is 2. The molecule has 5 heteroatoms. The lowest BCUT2D eigenvalue weighted by Crippen LogP contribution is -2.22. The summed E-state index contributed by atoms with van der Waals surface area (Å²) in [4.78, 5) is 15.8. The quantitative estimate of drug-likeness (QED) is 0.596. The number of ether oxygens (including phenoxy) is 1. The van der Waals surface area contributed by atoms with Gasteiger partial charge in [-0.2, -0.15) is 0 Å². The molecule has 2 aromatic rings. The Balaban J connectivity index is 2.06. The van der Waals surface area contributed by atoms with E-state index >= 15 is 0 Å². The second-order valence-electron chi connectivity index (χ2n) is 4.76. The highest BCUT2D eigenvalue weighted by molar-refractivity contribution is 5.86. The number of hydrogen-bond acceptors (Lipinski definition) is 3. The van der Waals surface area contributed by atoms with E-state index in [0.29, 0.717) is 13.2 Å². The van der Waals surface area contributed by atoms with Crippen molar-refractivity contribution in [2.24, 2.45) is 0 Å². The van der Waals surface area contributed by atoms with E-state index in [1.807, 2.05) is 18.2 Å². The van der Waals surface area contributed by atoms with Crippen molar-refractivity contribution in [1.29, 1.82) is 0 Å². The van der Waals surface area contributed by atoms with E-state index in [9.17, 15) is 4.79 Å². The molecule has 0 saturated heterocycles. The Morgan fingerprint density at radius 2 is 2.29 bits per heavy atom. The Labute approximate surface area is 124 Å². The van der Waals surface area contributed by atoms with Crippen LogP contribution in [0, 0.1) is 0 Å². The first-order valence-corrected chi connectivity index (χ1v) is 7.09. The number of fused-ring (bicyclic) bond motifs is 1. The van der Waals surface area contributed by atoms with Gasteiger partial charge in [0, 0.05) is 26.6 Å². The predicted octanol–water partition coefficient (Wildman–Crippen LogP) is 1.92. The van der Waals surface area contributed by atoms with Crippen LogP contribution in [0.5, 0.6) is 0 Å². The molecule has 1 aromatic carbocycles. The SMILES string of the molecule is C=CC(=O)NCCCc1nc2ccccc2n1CCOC. The molecular formula is C16H21N3O2. The van der Waals surface area contributed by atoms with Crippen LogP contribution in [0.4, 0.5) is 0 Å². The number of nitrogens with zero attached hydrogens (tertiary/aromatic N) is 2. The second kappa shape index (κ2) is 7.59. The first-order chi connectivity index (χ1) is 10.3. The Hall–Kier alpha value is -2.14. The van der Waals surface area contributed by atoms with Gasteiger partial charge in [0.2, 0.25) is 5.91 Å². The van der Waals surface area contributed by atoms with E-state index in [1.54, 1.807) is 7.11 Å². The number of carbonyl (C=O) groups excluding carboxylic acids is 1. The van der Waals surface area contributed by atoms with E-state index < -0.39 is 0 Å². The fourth-order valence-electron chi connectivity index (χ4n) is 2.28. The molecule has 0 aliphatic carbocycles. The van der Waals surface area contributed by atoms with Gasteiger partial charge in [-0.15, -0.1) is 0 Å². The Morgan fingerprint density at radius 3 is 3.05 bits per heavy atom. The smallest absolute Gasteiger partial charge is 0.243 e. The highest BCUT2D eigenvalue weighted by atomic mass is 16.5. The number of methoxy groups -OCH3 is 1. The molecule has 0 fully saturated rings. The third-order valence-corrected chi connectivity index (χ3v) is 3.31. The molecule has 112 valence electrons. The third kappa shape index (κ3) is 3.92. The van der Waals surface area contributed by atoms with Gasteiger partial charge in [-0.25, -0.2) is 4.98 Å². The molecule has 1 heterocycles. The molecule has 0 spiro atoms. The summed E-state index contributed by atoms with van der Waals surface area (Å²) in [6.07, 6.45) is 2.94. The lowest BCUT2D eigenvalue weighted by Gasteiger charge is -2.08. The molecule has 1 amide bonds.